The number of aromatic carboxylic acids is 1. The molecule has 0 aliphatic carbocycles. The smallest absolute Gasteiger partial charge is 0.355 e. The van der Waals surface area contributed by atoms with Gasteiger partial charge < -0.3 is 15.2 Å². The zero-order valence-corrected chi connectivity index (χ0v) is 14.1. The lowest BCUT2D eigenvalue weighted by Crippen LogP contribution is -2.48. The molecule has 0 bridgehead atoms. The van der Waals surface area contributed by atoms with Crippen LogP contribution in [0.1, 0.15) is 22.4 Å². The normalized spacial score (nSPS) is 16.1. The number of anilines is 1. The zero-order valence-electron chi connectivity index (χ0n) is 13.3. The molecule has 2 amide bonds. The lowest BCUT2D eigenvalue weighted by Gasteiger charge is -2.32. The molecule has 9 heteroatoms. The first-order chi connectivity index (χ1) is 12.0. The molecule has 3 rings (SSSR count). The molecule has 1 aromatic heterocycles. The van der Waals surface area contributed by atoms with E-state index in [0.29, 0.717) is 16.4 Å². The summed E-state index contributed by atoms with van der Waals surface area (Å²) >= 11 is 1.15. The number of carbonyl (C=O) groups is 3. The molecule has 2 aromatic rings. The summed E-state index contributed by atoms with van der Waals surface area (Å²) in [4.78, 5) is 40.6. The molecule has 2 N–H and O–H groups in total. The maximum Gasteiger partial charge on any atom is 0.355 e. The standard InChI is InChI=1S/C16H15N3O5S/c1-9-15(21)19(11-4-2-3-5-12(11)24-9)7-13(20)17-6-14-18-10(8-25-14)16(22)23/h2-5,8-9H,6-7H2,1H3,(H,17,20)(H,22,23). The van der Waals surface area contributed by atoms with E-state index in [1.807, 2.05) is 0 Å². The Balaban J connectivity index is 1.65. The van der Waals surface area contributed by atoms with Crippen LogP contribution in [-0.4, -0.2) is 40.5 Å². The van der Waals surface area contributed by atoms with Crippen LogP contribution in [0.25, 0.3) is 0 Å². The number of carboxylic acids is 1. The number of nitrogens with zero attached hydrogens (tertiary/aromatic N) is 2. The number of aromatic nitrogens is 1. The lowest BCUT2D eigenvalue weighted by atomic mass is 10.2. The third-order valence-corrected chi connectivity index (χ3v) is 4.43. The molecule has 0 fully saturated rings. The number of para-hydroxylation sites is 2. The fourth-order valence-electron chi connectivity index (χ4n) is 2.39. The molecule has 1 aromatic carbocycles. The van der Waals surface area contributed by atoms with Crippen molar-refractivity contribution in [3.8, 4) is 5.75 Å². The topological polar surface area (TPSA) is 109 Å². The number of benzene rings is 1. The Kier molecular flexibility index (Phi) is 4.66. The molecule has 2 heterocycles. The van der Waals surface area contributed by atoms with Gasteiger partial charge in [-0.15, -0.1) is 11.3 Å². The Hall–Kier alpha value is -2.94. The number of thiazole rings is 1. The largest absolute Gasteiger partial charge is 0.479 e. The second-order valence-corrected chi connectivity index (χ2v) is 6.30. The fraction of sp³-hybridized carbons (Fsp3) is 0.250. The van der Waals surface area contributed by atoms with Crippen LogP contribution < -0.4 is 15.0 Å². The quantitative estimate of drug-likeness (QED) is 0.830. The number of rotatable bonds is 5. The van der Waals surface area contributed by atoms with Crippen LogP contribution in [0, 0.1) is 0 Å². The summed E-state index contributed by atoms with van der Waals surface area (Å²) in [6.45, 7) is 1.58. The molecule has 0 spiro atoms. The number of carboxylic acid groups (broad SMARTS) is 1. The Bertz CT molecular complexity index is 835. The highest BCUT2D eigenvalue weighted by atomic mass is 32.1. The molecule has 1 unspecified atom stereocenters. The molecule has 1 aliphatic rings. The van der Waals surface area contributed by atoms with Crippen molar-refractivity contribution in [2.45, 2.75) is 19.6 Å². The monoisotopic (exact) mass is 361 g/mol. The van der Waals surface area contributed by atoms with Gasteiger partial charge in [0.25, 0.3) is 5.91 Å². The predicted octanol–water partition coefficient (Wildman–Crippen LogP) is 1.27. The first-order valence-electron chi connectivity index (χ1n) is 7.47. The number of ether oxygens (including phenoxy) is 1. The third kappa shape index (κ3) is 3.61. The summed E-state index contributed by atoms with van der Waals surface area (Å²) < 4.78 is 5.52. The van der Waals surface area contributed by atoms with Crippen molar-refractivity contribution in [3.05, 3.63) is 40.3 Å². The van der Waals surface area contributed by atoms with E-state index in [4.69, 9.17) is 9.84 Å². The van der Waals surface area contributed by atoms with E-state index in [2.05, 4.69) is 10.3 Å². The summed E-state index contributed by atoms with van der Waals surface area (Å²) in [5.74, 6) is -1.23. The number of amides is 2. The Labute approximate surface area is 147 Å². The Morgan fingerprint density at radius 1 is 1.40 bits per heavy atom. The summed E-state index contributed by atoms with van der Waals surface area (Å²) in [6, 6.07) is 7.01. The Morgan fingerprint density at radius 2 is 2.16 bits per heavy atom. The van der Waals surface area contributed by atoms with Gasteiger partial charge in [0.05, 0.1) is 12.2 Å². The van der Waals surface area contributed by atoms with Gasteiger partial charge in [-0.25, -0.2) is 9.78 Å². The average Bonchev–Trinajstić information content (AvgIpc) is 3.06. The van der Waals surface area contributed by atoms with Gasteiger partial charge in [0.2, 0.25) is 5.91 Å². The van der Waals surface area contributed by atoms with E-state index >= 15 is 0 Å². The van der Waals surface area contributed by atoms with Crippen LogP contribution in [0.3, 0.4) is 0 Å². The zero-order chi connectivity index (χ0) is 18.0. The van der Waals surface area contributed by atoms with Crippen LogP contribution in [0.5, 0.6) is 5.75 Å². The van der Waals surface area contributed by atoms with Crippen LogP contribution >= 0.6 is 11.3 Å². The van der Waals surface area contributed by atoms with Crippen molar-refractivity contribution >= 4 is 34.8 Å². The maximum absolute atomic E-state index is 12.3. The van der Waals surface area contributed by atoms with Crippen LogP contribution in [0.2, 0.25) is 0 Å². The number of hydrogen-bond donors (Lipinski definition) is 2. The van der Waals surface area contributed by atoms with Gasteiger partial charge in [0, 0.05) is 5.38 Å². The summed E-state index contributed by atoms with van der Waals surface area (Å²) in [5, 5.41) is 13.4. The van der Waals surface area contributed by atoms with Gasteiger partial charge in [0.1, 0.15) is 17.3 Å². The number of hydrogen-bond acceptors (Lipinski definition) is 6. The first-order valence-corrected chi connectivity index (χ1v) is 8.35. The SMILES string of the molecule is CC1Oc2ccccc2N(CC(=O)NCc2nc(C(=O)O)cs2)C1=O. The van der Waals surface area contributed by atoms with Crippen LogP contribution in [0.15, 0.2) is 29.6 Å². The highest BCUT2D eigenvalue weighted by Gasteiger charge is 2.32. The van der Waals surface area contributed by atoms with Gasteiger partial charge in [-0.05, 0) is 19.1 Å². The summed E-state index contributed by atoms with van der Waals surface area (Å²) in [7, 11) is 0. The molecule has 0 saturated carbocycles. The highest BCUT2D eigenvalue weighted by Crippen LogP contribution is 2.33. The molecule has 0 saturated heterocycles. The van der Waals surface area contributed by atoms with Gasteiger partial charge in [-0.2, -0.15) is 0 Å². The average molecular weight is 361 g/mol. The third-order valence-electron chi connectivity index (χ3n) is 3.58. The summed E-state index contributed by atoms with van der Waals surface area (Å²) in [5.41, 5.74) is 0.489. The molecule has 25 heavy (non-hydrogen) atoms. The predicted molar refractivity (Wildman–Crippen MR) is 89.8 cm³/mol. The minimum absolute atomic E-state index is 0.0552. The molecule has 0 radical (unpaired) electrons. The van der Waals surface area contributed by atoms with E-state index in [-0.39, 0.29) is 30.6 Å². The van der Waals surface area contributed by atoms with Crippen LogP contribution in [0.4, 0.5) is 5.69 Å². The Morgan fingerprint density at radius 3 is 2.88 bits per heavy atom. The fourth-order valence-corrected chi connectivity index (χ4v) is 3.09. The number of nitrogens with one attached hydrogen (secondary N) is 1. The van der Waals surface area contributed by atoms with Crippen molar-refractivity contribution in [1.29, 1.82) is 0 Å². The van der Waals surface area contributed by atoms with Crippen molar-refractivity contribution in [2.24, 2.45) is 0 Å². The molecule has 130 valence electrons. The second kappa shape index (κ2) is 6.89. The number of carbonyl (C=O) groups excluding carboxylic acids is 2. The number of fused-ring (bicyclic) bond motifs is 1. The lowest BCUT2D eigenvalue weighted by molar-refractivity contribution is -0.128. The van der Waals surface area contributed by atoms with Crippen LogP contribution in [-0.2, 0) is 16.1 Å². The second-order valence-electron chi connectivity index (χ2n) is 5.36. The first kappa shape index (κ1) is 16.9. The van der Waals surface area contributed by atoms with Crippen molar-refractivity contribution < 1.29 is 24.2 Å². The van der Waals surface area contributed by atoms with E-state index in [0.717, 1.165) is 11.3 Å². The maximum atomic E-state index is 12.3. The van der Waals surface area contributed by atoms with Crippen molar-refractivity contribution in [2.75, 3.05) is 11.4 Å². The van der Waals surface area contributed by atoms with E-state index in [9.17, 15) is 14.4 Å². The van der Waals surface area contributed by atoms with Gasteiger partial charge in [-0.1, -0.05) is 12.1 Å². The van der Waals surface area contributed by atoms with Gasteiger partial charge in [0.15, 0.2) is 11.8 Å². The van der Waals surface area contributed by atoms with E-state index in [1.54, 1.807) is 31.2 Å². The molecular weight excluding hydrogens is 346 g/mol. The summed E-state index contributed by atoms with van der Waals surface area (Å²) in [6.07, 6.45) is -0.667. The molecule has 1 aliphatic heterocycles. The molecule has 8 nitrogen and oxygen atoms in total. The minimum atomic E-state index is -1.11. The van der Waals surface area contributed by atoms with Crippen molar-refractivity contribution in [1.82, 2.24) is 10.3 Å². The van der Waals surface area contributed by atoms with Gasteiger partial charge in [-0.3, -0.25) is 14.5 Å². The highest BCUT2D eigenvalue weighted by molar-refractivity contribution is 7.09. The minimum Gasteiger partial charge on any atom is -0.479 e. The van der Waals surface area contributed by atoms with E-state index in [1.165, 1.54) is 10.3 Å². The molecule has 1 atom stereocenters. The van der Waals surface area contributed by atoms with E-state index < -0.39 is 12.1 Å². The van der Waals surface area contributed by atoms with Gasteiger partial charge >= 0.3 is 5.97 Å². The van der Waals surface area contributed by atoms with Crippen molar-refractivity contribution in [3.63, 3.8) is 0 Å². The molecular formula is C16H15N3O5S.